The molecule has 0 saturated carbocycles. The van der Waals surface area contributed by atoms with Crippen molar-refractivity contribution in [2.24, 2.45) is 0 Å². The van der Waals surface area contributed by atoms with Crippen molar-refractivity contribution in [3.05, 3.63) is 58.8 Å². The van der Waals surface area contributed by atoms with Crippen LogP contribution < -0.4 is 10.2 Å². The van der Waals surface area contributed by atoms with Crippen LogP contribution in [-0.4, -0.2) is 51.6 Å². The second-order valence-corrected chi connectivity index (χ2v) is 6.53. The van der Waals surface area contributed by atoms with Gasteiger partial charge in [0.25, 0.3) is 0 Å². The Hall–Kier alpha value is -2.91. The van der Waals surface area contributed by atoms with E-state index in [2.05, 4.69) is 0 Å². The van der Waals surface area contributed by atoms with Crippen molar-refractivity contribution in [3.63, 3.8) is 0 Å². The average Bonchev–Trinajstić information content (AvgIpc) is 2.68. The Morgan fingerprint density at radius 3 is 2.50 bits per heavy atom. The van der Waals surface area contributed by atoms with Gasteiger partial charge in [-0.05, 0) is 0 Å². The zero-order valence-corrected chi connectivity index (χ0v) is 14.6. The van der Waals surface area contributed by atoms with E-state index in [-0.39, 0.29) is 29.1 Å². The van der Waals surface area contributed by atoms with Gasteiger partial charge in [-0.3, -0.25) is 4.79 Å². The summed E-state index contributed by atoms with van der Waals surface area (Å²) in [6.07, 6.45) is -5.61. The monoisotopic (exact) mass is 386 g/mol. The van der Waals surface area contributed by atoms with E-state index in [0.717, 1.165) is 0 Å². The number of phenols is 1. The van der Waals surface area contributed by atoms with Crippen molar-refractivity contribution < 1.29 is 34.3 Å². The number of fused-ring (bicyclic) bond motifs is 1. The predicted molar refractivity (Wildman–Crippen MR) is 98.0 cm³/mol. The highest BCUT2D eigenvalue weighted by Crippen LogP contribution is 2.33. The molecule has 8 heteroatoms. The second-order valence-electron chi connectivity index (χ2n) is 6.53. The van der Waals surface area contributed by atoms with Crippen molar-refractivity contribution >= 4 is 11.0 Å². The number of aliphatic hydroxyl groups is 3. The molecule has 1 saturated heterocycles. The molecule has 0 bridgehead atoms. The quantitative estimate of drug-likeness (QED) is 0.524. The summed E-state index contributed by atoms with van der Waals surface area (Å²) < 4.78 is 16.5. The lowest BCUT2D eigenvalue weighted by Crippen LogP contribution is -2.54. The molecule has 28 heavy (non-hydrogen) atoms. The van der Waals surface area contributed by atoms with Crippen molar-refractivity contribution in [1.82, 2.24) is 0 Å². The summed E-state index contributed by atoms with van der Waals surface area (Å²) in [7, 11) is 0. The molecule has 146 valence electrons. The first kappa shape index (κ1) is 18.5. The van der Waals surface area contributed by atoms with E-state index in [1.54, 1.807) is 24.3 Å². The third-order valence-electron chi connectivity index (χ3n) is 4.53. The van der Waals surface area contributed by atoms with Crippen molar-refractivity contribution in [2.75, 3.05) is 6.61 Å². The van der Waals surface area contributed by atoms with Crippen molar-refractivity contribution in [3.8, 4) is 22.8 Å². The average molecular weight is 386 g/mol. The van der Waals surface area contributed by atoms with E-state index in [9.17, 15) is 25.2 Å². The summed E-state index contributed by atoms with van der Waals surface area (Å²) in [5.41, 5.74) is 0.365. The van der Waals surface area contributed by atoms with Crippen LogP contribution in [0.4, 0.5) is 0 Å². The highest BCUT2D eigenvalue weighted by Gasteiger charge is 2.39. The molecule has 4 N–H and O–H groups in total. The lowest BCUT2D eigenvalue weighted by atomic mass is 10.1. The highest BCUT2D eigenvalue weighted by molar-refractivity contribution is 5.86. The number of benzene rings is 2. The molecule has 1 fully saturated rings. The summed E-state index contributed by atoms with van der Waals surface area (Å²) in [6, 6.07) is 12.8. The largest absolute Gasteiger partial charge is 0.508 e. The number of rotatable bonds is 3. The minimum absolute atomic E-state index is 0.0499. The van der Waals surface area contributed by atoms with Crippen LogP contribution in [0.3, 0.4) is 0 Å². The van der Waals surface area contributed by atoms with Gasteiger partial charge in [-0.25, -0.2) is 0 Å². The Labute approximate surface area is 158 Å². The molecule has 0 radical (unpaired) electrons. The fraction of sp³-hybridized carbons (Fsp3) is 0.250. The third-order valence-corrected chi connectivity index (χ3v) is 4.53. The van der Waals surface area contributed by atoms with Gasteiger partial charge in [0.1, 0.15) is 46.5 Å². The zero-order valence-electron chi connectivity index (χ0n) is 14.6. The molecular formula is C20H18O8. The molecule has 1 aliphatic heterocycles. The second kappa shape index (κ2) is 7.25. The Morgan fingerprint density at radius 1 is 1.00 bits per heavy atom. The van der Waals surface area contributed by atoms with Gasteiger partial charge in [0.2, 0.25) is 6.29 Å². The molecule has 2 heterocycles. The fourth-order valence-corrected chi connectivity index (χ4v) is 3.08. The van der Waals surface area contributed by atoms with Crippen molar-refractivity contribution in [1.29, 1.82) is 0 Å². The standard InChI is InChI=1S/C20H18O8/c21-11-6-15-17(12(22)8-14(27-15)10-4-2-1-3-5-10)16(7-11)28-20-19(25)18(24)13(23)9-26-20/h1-8,13,18-21,23-25H,9H2/t13-,18+,19?,20+/m1/s1. The molecule has 4 atom stereocenters. The summed E-state index contributed by atoms with van der Waals surface area (Å²) in [5, 5.41) is 39.4. The smallest absolute Gasteiger partial charge is 0.228 e. The Bertz CT molecular complexity index is 1050. The summed E-state index contributed by atoms with van der Waals surface area (Å²) >= 11 is 0. The molecule has 1 aromatic heterocycles. The number of phenolic OH excluding ortho intramolecular Hbond substituents is 1. The van der Waals surface area contributed by atoms with Gasteiger partial charge in [0.05, 0.1) is 6.61 Å². The van der Waals surface area contributed by atoms with Gasteiger partial charge in [0.15, 0.2) is 5.43 Å². The van der Waals surface area contributed by atoms with Crippen molar-refractivity contribution in [2.45, 2.75) is 24.6 Å². The molecule has 0 amide bonds. The number of hydrogen-bond donors (Lipinski definition) is 4. The zero-order chi connectivity index (χ0) is 19.8. The van der Waals surface area contributed by atoms with Crippen LogP contribution in [0.5, 0.6) is 11.5 Å². The van der Waals surface area contributed by atoms with E-state index in [1.807, 2.05) is 6.07 Å². The first-order valence-electron chi connectivity index (χ1n) is 8.63. The molecule has 0 spiro atoms. The lowest BCUT2D eigenvalue weighted by molar-refractivity contribution is -0.241. The molecule has 3 aromatic rings. The van der Waals surface area contributed by atoms with Crippen LogP contribution in [0.15, 0.2) is 57.7 Å². The molecular weight excluding hydrogens is 368 g/mol. The minimum Gasteiger partial charge on any atom is -0.508 e. The predicted octanol–water partition coefficient (Wildman–Crippen LogP) is 0.983. The highest BCUT2D eigenvalue weighted by atomic mass is 16.7. The van der Waals surface area contributed by atoms with Gasteiger partial charge in [0, 0.05) is 23.8 Å². The van der Waals surface area contributed by atoms with Crippen LogP contribution in [0.2, 0.25) is 0 Å². The van der Waals surface area contributed by atoms with Gasteiger partial charge in [-0.1, -0.05) is 30.3 Å². The summed E-state index contributed by atoms with van der Waals surface area (Å²) in [6.45, 7) is -0.258. The third kappa shape index (κ3) is 3.34. The van der Waals surface area contributed by atoms with E-state index in [1.165, 1.54) is 18.2 Å². The Kier molecular flexibility index (Phi) is 4.78. The SMILES string of the molecule is O=c1cc(-c2ccccc2)oc2cc(O)cc(O[C@@H]3OC[C@@H](O)[C@H](O)C3O)c12. The van der Waals surface area contributed by atoms with Crippen LogP contribution >= 0.6 is 0 Å². The summed E-state index contributed by atoms with van der Waals surface area (Å²) in [5.74, 6) is 0.0277. The number of aliphatic hydroxyl groups excluding tert-OH is 3. The normalized spacial score (nSPS) is 25.0. The first-order chi connectivity index (χ1) is 13.4. The van der Waals surface area contributed by atoms with Crippen LogP contribution in [0, 0.1) is 0 Å². The van der Waals surface area contributed by atoms with Gasteiger partial charge < -0.3 is 34.3 Å². The first-order valence-corrected chi connectivity index (χ1v) is 8.63. The van der Waals surface area contributed by atoms with E-state index in [4.69, 9.17) is 13.9 Å². The molecule has 0 aliphatic carbocycles. The number of ether oxygens (including phenoxy) is 2. The molecule has 8 nitrogen and oxygen atoms in total. The van der Waals surface area contributed by atoms with E-state index < -0.39 is 30.0 Å². The van der Waals surface area contributed by atoms with Gasteiger partial charge in [-0.2, -0.15) is 0 Å². The van der Waals surface area contributed by atoms with E-state index >= 15 is 0 Å². The molecule has 4 rings (SSSR count). The van der Waals surface area contributed by atoms with Gasteiger partial charge >= 0.3 is 0 Å². The maximum Gasteiger partial charge on any atom is 0.228 e. The minimum atomic E-state index is -1.54. The van der Waals surface area contributed by atoms with Crippen LogP contribution in [-0.2, 0) is 4.74 Å². The molecule has 1 unspecified atom stereocenters. The number of aromatic hydroxyl groups is 1. The topological polar surface area (TPSA) is 130 Å². The number of hydrogen-bond acceptors (Lipinski definition) is 8. The fourth-order valence-electron chi connectivity index (χ4n) is 3.08. The molecule has 1 aliphatic rings. The maximum absolute atomic E-state index is 12.7. The Morgan fingerprint density at radius 2 is 1.75 bits per heavy atom. The van der Waals surface area contributed by atoms with Gasteiger partial charge in [-0.15, -0.1) is 0 Å². The lowest BCUT2D eigenvalue weighted by Gasteiger charge is -2.35. The summed E-state index contributed by atoms with van der Waals surface area (Å²) in [4.78, 5) is 12.7. The Balaban J connectivity index is 1.76. The molecule has 2 aromatic carbocycles. The maximum atomic E-state index is 12.7. The van der Waals surface area contributed by atoms with E-state index in [0.29, 0.717) is 11.3 Å². The van der Waals surface area contributed by atoms with Crippen LogP contribution in [0.1, 0.15) is 0 Å². The van der Waals surface area contributed by atoms with Crippen LogP contribution in [0.25, 0.3) is 22.3 Å².